The minimum absolute atomic E-state index is 0.785. The topological polar surface area (TPSA) is 28.7 Å². The van der Waals surface area contributed by atoms with E-state index in [-0.39, 0.29) is 0 Å². The number of alkyl halides is 1. The molecule has 0 amide bonds. The van der Waals surface area contributed by atoms with Gasteiger partial charge in [-0.25, -0.2) is 0 Å². The lowest BCUT2D eigenvalue weighted by molar-refractivity contribution is 1.06. The van der Waals surface area contributed by atoms with Crippen LogP contribution in [0.4, 0.5) is 0 Å². The predicted octanol–water partition coefficient (Wildman–Crippen LogP) is 4.12. The lowest BCUT2D eigenvalue weighted by atomic mass is 10.0. The van der Waals surface area contributed by atoms with Crippen LogP contribution in [0.1, 0.15) is 5.69 Å². The molecule has 0 aliphatic rings. The second kappa shape index (κ2) is 4.34. The van der Waals surface area contributed by atoms with Gasteiger partial charge in [-0.05, 0) is 17.2 Å². The standard InChI is InChI=1S/C14H11BrN2/c15-9-13-14-11(10-5-2-1-3-6-10)7-4-8-12(14)16-17-13/h1-8H,9H2,(H,16,17). The molecule has 0 radical (unpaired) electrons. The highest BCUT2D eigenvalue weighted by atomic mass is 79.9. The van der Waals surface area contributed by atoms with Crippen molar-refractivity contribution in [2.24, 2.45) is 0 Å². The molecule has 0 saturated heterocycles. The summed E-state index contributed by atoms with van der Waals surface area (Å²) < 4.78 is 0. The Morgan fingerprint density at radius 1 is 1.00 bits per heavy atom. The van der Waals surface area contributed by atoms with Gasteiger partial charge < -0.3 is 0 Å². The summed E-state index contributed by atoms with van der Waals surface area (Å²) in [4.78, 5) is 0. The lowest BCUT2D eigenvalue weighted by Gasteiger charge is -2.04. The summed E-state index contributed by atoms with van der Waals surface area (Å²) >= 11 is 3.49. The Balaban J connectivity index is 2.33. The van der Waals surface area contributed by atoms with Crippen molar-refractivity contribution < 1.29 is 0 Å². The van der Waals surface area contributed by atoms with E-state index < -0.39 is 0 Å². The third kappa shape index (κ3) is 1.76. The van der Waals surface area contributed by atoms with Gasteiger partial charge in [0.2, 0.25) is 0 Å². The average Bonchev–Trinajstić information content (AvgIpc) is 2.82. The van der Waals surface area contributed by atoms with Crippen molar-refractivity contribution in [3.8, 4) is 11.1 Å². The van der Waals surface area contributed by atoms with Crippen molar-refractivity contribution in [3.05, 3.63) is 54.2 Å². The number of H-pyrrole nitrogens is 1. The molecule has 0 saturated carbocycles. The van der Waals surface area contributed by atoms with Crippen molar-refractivity contribution in [1.82, 2.24) is 10.2 Å². The molecule has 0 fully saturated rings. The highest BCUT2D eigenvalue weighted by Gasteiger charge is 2.09. The molecule has 2 nitrogen and oxygen atoms in total. The van der Waals surface area contributed by atoms with Crippen molar-refractivity contribution in [2.75, 3.05) is 0 Å². The first-order valence-electron chi connectivity index (χ1n) is 5.47. The van der Waals surface area contributed by atoms with Crippen LogP contribution >= 0.6 is 15.9 Å². The number of nitrogens with zero attached hydrogens (tertiary/aromatic N) is 1. The van der Waals surface area contributed by atoms with E-state index in [1.54, 1.807) is 0 Å². The van der Waals surface area contributed by atoms with Crippen molar-refractivity contribution in [1.29, 1.82) is 0 Å². The molecule has 1 heterocycles. The van der Waals surface area contributed by atoms with Gasteiger partial charge in [-0.1, -0.05) is 58.4 Å². The molecule has 3 rings (SSSR count). The summed E-state index contributed by atoms with van der Waals surface area (Å²) in [6, 6.07) is 16.6. The van der Waals surface area contributed by atoms with Crippen molar-refractivity contribution in [2.45, 2.75) is 5.33 Å². The average molecular weight is 287 g/mol. The van der Waals surface area contributed by atoms with E-state index >= 15 is 0 Å². The molecule has 0 spiro atoms. The fourth-order valence-corrected chi connectivity index (χ4v) is 2.49. The van der Waals surface area contributed by atoms with E-state index in [0.717, 1.165) is 16.5 Å². The molecule has 17 heavy (non-hydrogen) atoms. The molecule has 84 valence electrons. The minimum Gasteiger partial charge on any atom is -0.280 e. The molecule has 3 aromatic rings. The Bertz CT molecular complexity index is 644. The van der Waals surface area contributed by atoms with Gasteiger partial charge in [-0.3, -0.25) is 5.10 Å². The van der Waals surface area contributed by atoms with E-state index in [4.69, 9.17) is 0 Å². The van der Waals surface area contributed by atoms with Crippen LogP contribution in [-0.2, 0) is 5.33 Å². The van der Waals surface area contributed by atoms with Gasteiger partial charge in [0.25, 0.3) is 0 Å². The highest BCUT2D eigenvalue weighted by Crippen LogP contribution is 2.30. The third-order valence-corrected chi connectivity index (χ3v) is 3.43. The summed E-state index contributed by atoms with van der Waals surface area (Å²) in [6.07, 6.45) is 0. The normalized spacial score (nSPS) is 10.9. The molecule has 0 aliphatic heterocycles. The molecule has 1 aromatic heterocycles. The maximum absolute atomic E-state index is 4.32. The summed E-state index contributed by atoms with van der Waals surface area (Å²) in [6.45, 7) is 0. The van der Waals surface area contributed by atoms with Crippen LogP contribution in [0.25, 0.3) is 22.0 Å². The van der Waals surface area contributed by atoms with E-state index in [2.05, 4.69) is 56.5 Å². The van der Waals surface area contributed by atoms with Crippen LogP contribution in [0.2, 0.25) is 0 Å². The zero-order valence-electron chi connectivity index (χ0n) is 9.15. The van der Waals surface area contributed by atoms with Crippen LogP contribution in [-0.4, -0.2) is 10.2 Å². The molecule has 1 N–H and O–H groups in total. The molecule has 0 atom stereocenters. The Morgan fingerprint density at radius 2 is 1.82 bits per heavy atom. The minimum atomic E-state index is 0.785. The number of benzene rings is 2. The van der Waals surface area contributed by atoms with Crippen LogP contribution in [0.3, 0.4) is 0 Å². The second-order valence-electron chi connectivity index (χ2n) is 3.90. The molecular formula is C14H11BrN2. The van der Waals surface area contributed by atoms with Gasteiger partial charge in [0, 0.05) is 10.7 Å². The lowest BCUT2D eigenvalue weighted by Crippen LogP contribution is -1.82. The maximum atomic E-state index is 4.32. The monoisotopic (exact) mass is 286 g/mol. The van der Waals surface area contributed by atoms with Gasteiger partial charge >= 0.3 is 0 Å². The highest BCUT2D eigenvalue weighted by molar-refractivity contribution is 9.08. The Hall–Kier alpha value is -1.61. The van der Waals surface area contributed by atoms with E-state index in [1.165, 1.54) is 16.5 Å². The first-order chi connectivity index (χ1) is 8.40. The predicted molar refractivity (Wildman–Crippen MR) is 74.2 cm³/mol. The van der Waals surface area contributed by atoms with Gasteiger partial charge in [-0.2, -0.15) is 5.10 Å². The largest absolute Gasteiger partial charge is 0.280 e. The molecule has 2 aromatic carbocycles. The molecular weight excluding hydrogens is 276 g/mol. The number of hydrogen-bond donors (Lipinski definition) is 1. The van der Waals surface area contributed by atoms with Crippen LogP contribution in [0.5, 0.6) is 0 Å². The van der Waals surface area contributed by atoms with E-state index in [9.17, 15) is 0 Å². The van der Waals surface area contributed by atoms with Gasteiger partial charge in [0.1, 0.15) is 0 Å². The Morgan fingerprint density at radius 3 is 2.59 bits per heavy atom. The third-order valence-electron chi connectivity index (χ3n) is 2.87. The number of halogens is 1. The first-order valence-corrected chi connectivity index (χ1v) is 6.59. The van der Waals surface area contributed by atoms with Crippen LogP contribution in [0.15, 0.2) is 48.5 Å². The van der Waals surface area contributed by atoms with Crippen LogP contribution in [0, 0.1) is 0 Å². The Kier molecular flexibility index (Phi) is 2.69. The second-order valence-corrected chi connectivity index (χ2v) is 4.46. The number of rotatable bonds is 2. The number of aromatic amines is 1. The fraction of sp³-hybridized carbons (Fsp3) is 0.0714. The molecule has 0 bridgehead atoms. The van der Waals surface area contributed by atoms with Crippen molar-refractivity contribution in [3.63, 3.8) is 0 Å². The maximum Gasteiger partial charge on any atom is 0.0930 e. The van der Waals surface area contributed by atoms with Crippen molar-refractivity contribution >= 4 is 26.8 Å². The molecule has 3 heteroatoms. The summed E-state index contributed by atoms with van der Waals surface area (Å²) in [7, 11) is 0. The number of hydrogen-bond acceptors (Lipinski definition) is 1. The fourth-order valence-electron chi connectivity index (χ4n) is 2.09. The summed E-state index contributed by atoms with van der Waals surface area (Å²) in [5.41, 5.74) is 4.59. The number of aromatic nitrogens is 2. The first kappa shape index (κ1) is 10.5. The smallest absolute Gasteiger partial charge is 0.0930 e. The van der Waals surface area contributed by atoms with E-state index in [0.29, 0.717) is 0 Å². The number of fused-ring (bicyclic) bond motifs is 1. The van der Waals surface area contributed by atoms with E-state index in [1.807, 2.05) is 18.2 Å². The number of nitrogens with one attached hydrogen (secondary N) is 1. The quantitative estimate of drug-likeness (QED) is 0.705. The summed E-state index contributed by atoms with van der Waals surface area (Å²) in [5, 5.41) is 9.39. The van der Waals surface area contributed by atoms with Gasteiger partial charge in [0.15, 0.2) is 0 Å². The van der Waals surface area contributed by atoms with Gasteiger partial charge in [-0.15, -0.1) is 0 Å². The zero-order valence-corrected chi connectivity index (χ0v) is 10.7. The summed E-state index contributed by atoms with van der Waals surface area (Å²) in [5.74, 6) is 0. The molecule has 0 unspecified atom stereocenters. The SMILES string of the molecule is BrCc1[nH]nc2cccc(-c3ccccc3)c12. The molecule has 0 aliphatic carbocycles. The van der Waals surface area contributed by atoms with Crippen LogP contribution < -0.4 is 0 Å². The zero-order chi connectivity index (χ0) is 11.7. The van der Waals surface area contributed by atoms with Gasteiger partial charge in [0.05, 0.1) is 11.2 Å². The Labute approximate surface area is 108 Å².